The zero-order valence-corrected chi connectivity index (χ0v) is 18.5. The van der Waals surface area contributed by atoms with Crippen LogP contribution in [0.25, 0.3) is 11.0 Å². The predicted octanol–water partition coefficient (Wildman–Crippen LogP) is 3.17. The van der Waals surface area contributed by atoms with E-state index in [1.165, 1.54) is 18.2 Å². The van der Waals surface area contributed by atoms with Gasteiger partial charge in [0.05, 0.1) is 11.0 Å². The van der Waals surface area contributed by atoms with Crippen molar-refractivity contribution in [3.63, 3.8) is 0 Å². The molecular formula is C23H24F4N4O4. The van der Waals surface area contributed by atoms with Gasteiger partial charge >= 0.3 is 17.8 Å². The Kier molecular flexibility index (Phi) is 8.28. The lowest BCUT2D eigenvalue weighted by molar-refractivity contribution is -0.192. The lowest BCUT2D eigenvalue weighted by Gasteiger charge is -2.32. The number of alkyl halides is 3. The zero-order chi connectivity index (χ0) is 25.6. The fourth-order valence-electron chi connectivity index (χ4n) is 3.90. The molecule has 0 radical (unpaired) electrons. The zero-order valence-electron chi connectivity index (χ0n) is 18.5. The fourth-order valence-corrected chi connectivity index (χ4v) is 3.90. The molecule has 4 rings (SSSR count). The highest BCUT2D eigenvalue weighted by atomic mass is 19.4. The number of nitrogens with one attached hydrogen (secondary N) is 2. The molecule has 188 valence electrons. The van der Waals surface area contributed by atoms with Crippen LogP contribution in [-0.4, -0.2) is 63.8 Å². The van der Waals surface area contributed by atoms with E-state index in [1.54, 1.807) is 6.07 Å². The number of para-hydroxylation sites is 2. The SMILES string of the molecule is O=C(NCCN1CCC(n2c(=O)[nH]c3ccccc32)CC1)c1cccc(F)c1.O=C(O)C(F)(F)F. The summed E-state index contributed by atoms with van der Waals surface area (Å²) in [7, 11) is 0. The van der Waals surface area contributed by atoms with Crippen LogP contribution in [0, 0.1) is 5.82 Å². The third-order valence-corrected chi connectivity index (χ3v) is 5.59. The van der Waals surface area contributed by atoms with Crippen LogP contribution in [0.2, 0.25) is 0 Å². The number of carboxylic acid groups (broad SMARTS) is 1. The number of imidazole rings is 1. The van der Waals surface area contributed by atoms with Crippen LogP contribution in [-0.2, 0) is 4.79 Å². The Morgan fingerprint density at radius 1 is 1.09 bits per heavy atom. The molecule has 1 saturated heterocycles. The molecule has 3 aromatic rings. The quantitative estimate of drug-likeness (QED) is 0.471. The maximum Gasteiger partial charge on any atom is 0.490 e. The number of likely N-dealkylation sites (tertiary alicyclic amines) is 1. The summed E-state index contributed by atoms with van der Waals surface area (Å²) in [5, 5.41) is 9.96. The van der Waals surface area contributed by atoms with Gasteiger partial charge in [0.25, 0.3) is 5.91 Å². The van der Waals surface area contributed by atoms with Crippen molar-refractivity contribution in [1.29, 1.82) is 0 Å². The lowest BCUT2D eigenvalue weighted by Crippen LogP contribution is -2.41. The molecule has 1 aliphatic rings. The summed E-state index contributed by atoms with van der Waals surface area (Å²) in [4.78, 5) is 38.5. The third kappa shape index (κ3) is 6.92. The van der Waals surface area contributed by atoms with Gasteiger partial charge in [-0.2, -0.15) is 13.2 Å². The van der Waals surface area contributed by atoms with Crippen LogP contribution >= 0.6 is 0 Å². The molecule has 2 aromatic carbocycles. The molecule has 12 heteroatoms. The average molecular weight is 496 g/mol. The van der Waals surface area contributed by atoms with Gasteiger partial charge in [-0.15, -0.1) is 0 Å². The van der Waals surface area contributed by atoms with Gasteiger partial charge in [-0.25, -0.2) is 14.0 Å². The number of nitrogens with zero attached hydrogens (tertiary/aromatic N) is 2. The first-order valence-corrected chi connectivity index (χ1v) is 10.8. The average Bonchev–Trinajstić information content (AvgIpc) is 3.15. The second-order valence-corrected chi connectivity index (χ2v) is 7.96. The maximum absolute atomic E-state index is 13.2. The minimum absolute atomic E-state index is 0.0537. The molecule has 0 atom stereocenters. The highest BCUT2D eigenvalue weighted by Gasteiger charge is 2.38. The van der Waals surface area contributed by atoms with Gasteiger partial charge < -0.3 is 20.3 Å². The smallest absolute Gasteiger partial charge is 0.475 e. The molecule has 0 unspecified atom stereocenters. The highest BCUT2D eigenvalue weighted by Crippen LogP contribution is 2.24. The van der Waals surface area contributed by atoms with E-state index in [0.717, 1.165) is 43.5 Å². The van der Waals surface area contributed by atoms with Gasteiger partial charge in [0.2, 0.25) is 0 Å². The van der Waals surface area contributed by atoms with Crippen molar-refractivity contribution in [3.05, 3.63) is 70.4 Å². The summed E-state index contributed by atoms with van der Waals surface area (Å²) in [6.45, 7) is 2.97. The summed E-state index contributed by atoms with van der Waals surface area (Å²) in [5.74, 6) is -3.44. The fraction of sp³-hybridized carbons (Fsp3) is 0.348. The van der Waals surface area contributed by atoms with Crippen molar-refractivity contribution < 1.29 is 32.3 Å². The number of benzene rings is 2. The van der Waals surface area contributed by atoms with Gasteiger partial charge in [-0.3, -0.25) is 9.36 Å². The van der Waals surface area contributed by atoms with Crippen LogP contribution in [0.1, 0.15) is 29.2 Å². The van der Waals surface area contributed by atoms with Crippen LogP contribution in [0.15, 0.2) is 53.3 Å². The van der Waals surface area contributed by atoms with Crippen molar-refractivity contribution in [2.45, 2.75) is 25.1 Å². The molecule has 1 aliphatic heterocycles. The van der Waals surface area contributed by atoms with Gasteiger partial charge in [-0.05, 0) is 43.2 Å². The Balaban J connectivity index is 0.000000429. The molecule has 3 N–H and O–H groups in total. The molecule has 8 nitrogen and oxygen atoms in total. The van der Waals surface area contributed by atoms with Crippen molar-refractivity contribution >= 4 is 22.9 Å². The van der Waals surface area contributed by atoms with E-state index in [9.17, 15) is 27.2 Å². The molecule has 0 spiro atoms. The highest BCUT2D eigenvalue weighted by molar-refractivity contribution is 5.94. The van der Waals surface area contributed by atoms with Crippen molar-refractivity contribution in [2.75, 3.05) is 26.2 Å². The molecule has 0 bridgehead atoms. The number of carbonyl (C=O) groups is 2. The molecule has 35 heavy (non-hydrogen) atoms. The predicted molar refractivity (Wildman–Crippen MR) is 120 cm³/mol. The van der Waals surface area contributed by atoms with Crippen molar-refractivity contribution in [2.24, 2.45) is 0 Å². The number of carbonyl (C=O) groups excluding carboxylic acids is 1. The number of hydrogen-bond donors (Lipinski definition) is 3. The topological polar surface area (TPSA) is 107 Å². The number of piperidine rings is 1. The van der Waals surface area contributed by atoms with Gasteiger partial charge in [0.1, 0.15) is 5.82 Å². The van der Waals surface area contributed by atoms with Crippen molar-refractivity contribution in [3.8, 4) is 0 Å². The van der Waals surface area contributed by atoms with Crippen LogP contribution in [0.3, 0.4) is 0 Å². The van der Waals surface area contributed by atoms with E-state index in [2.05, 4.69) is 15.2 Å². The number of rotatable bonds is 5. The van der Waals surface area contributed by atoms with Crippen molar-refractivity contribution in [1.82, 2.24) is 19.8 Å². The first kappa shape index (κ1) is 25.9. The second-order valence-electron chi connectivity index (χ2n) is 7.96. The number of halogens is 4. The normalized spacial score (nSPS) is 14.9. The standard InChI is InChI=1S/C21H23FN4O2.C2HF3O2/c22-16-5-3-4-15(14-16)20(27)23-10-13-25-11-8-17(9-12-25)26-19-7-2-1-6-18(19)24-21(26)28;3-2(4,5)1(6)7/h1-7,14,17H,8-13H2,(H,23,27)(H,24,28);(H,6,7). The van der Waals surface area contributed by atoms with E-state index < -0.39 is 18.0 Å². The summed E-state index contributed by atoms with van der Waals surface area (Å²) in [6, 6.07) is 13.6. The molecular weight excluding hydrogens is 472 g/mol. The van der Waals surface area contributed by atoms with E-state index in [0.29, 0.717) is 12.1 Å². The Bertz CT molecular complexity index is 1230. The minimum atomic E-state index is -5.08. The Morgan fingerprint density at radius 3 is 2.37 bits per heavy atom. The van der Waals surface area contributed by atoms with Gasteiger partial charge in [0.15, 0.2) is 0 Å². The first-order chi connectivity index (χ1) is 16.6. The van der Waals surface area contributed by atoms with Gasteiger partial charge in [-0.1, -0.05) is 18.2 Å². The largest absolute Gasteiger partial charge is 0.490 e. The number of hydrogen-bond acceptors (Lipinski definition) is 4. The number of H-pyrrole nitrogens is 1. The molecule has 1 aromatic heterocycles. The lowest BCUT2D eigenvalue weighted by atomic mass is 10.0. The van der Waals surface area contributed by atoms with Crippen LogP contribution in [0.5, 0.6) is 0 Å². The van der Waals surface area contributed by atoms with Gasteiger partial charge in [0, 0.05) is 37.8 Å². The Morgan fingerprint density at radius 2 is 1.74 bits per heavy atom. The number of amides is 1. The van der Waals surface area contributed by atoms with Crippen LogP contribution < -0.4 is 11.0 Å². The van der Waals surface area contributed by atoms with Crippen LogP contribution in [0.4, 0.5) is 17.6 Å². The summed E-state index contributed by atoms with van der Waals surface area (Å²) >= 11 is 0. The monoisotopic (exact) mass is 496 g/mol. The number of carboxylic acids is 1. The summed E-state index contributed by atoms with van der Waals surface area (Å²) in [6.07, 6.45) is -3.31. The number of aromatic nitrogens is 2. The molecule has 1 fully saturated rings. The molecule has 0 aliphatic carbocycles. The Labute approximate surface area is 197 Å². The number of aromatic amines is 1. The van der Waals surface area contributed by atoms with E-state index >= 15 is 0 Å². The first-order valence-electron chi connectivity index (χ1n) is 10.8. The molecule has 0 saturated carbocycles. The van der Waals surface area contributed by atoms with E-state index in [1.807, 2.05) is 28.8 Å². The second kappa shape index (κ2) is 11.2. The summed E-state index contributed by atoms with van der Waals surface area (Å²) < 4.78 is 46.8. The van der Waals surface area contributed by atoms with E-state index in [-0.39, 0.29) is 17.6 Å². The minimum Gasteiger partial charge on any atom is -0.475 e. The number of aliphatic carboxylic acids is 1. The third-order valence-electron chi connectivity index (χ3n) is 5.59. The van der Waals surface area contributed by atoms with E-state index in [4.69, 9.17) is 9.90 Å². The number of fused-ring (bicyclic) bond motifs is 1. The molecule has 1 amide bonds. The maximum atomic E-state index is 13.2. The molecule has 2 heterocycles. The summed E-state index contributed by atoms with van der Waals surface area (Å²) in [5.41, 5.74) is 2.10. The Hall–Kier alpha value is -3.67.